The number of carbonyl (C=O) groups excluding carboxylic acids is 1. The molecule has 76 valence electrons. The summed E-state index contributed by atoms with van der Waals surface area (Å²) in [5, 5.41) is 0. The maximum atomic E-state index is 13.1. The highest BCUT2D eigenvalue weighted by molar-refractivity contribution is 9.10. The fourth-order valence-electron chi connectivity index (χ4n) is 1.11. The Kier molecular flexibility index (Phi) is 4.62. The Morgan fingerprint density at radius 2 is 2.29 bits per heavy atom. The van der Waals surface area contributed by atoms with E-state index in [4.69, 9.17) is 0 Å². The summed E-state index contributed by atoms with van der Waals surface area (Å²) in [6.07, 6.45) is 2.16. The van der Waals surface area contributed by atoms with Gasteiger partial charge < -0.3 is 0 Å². The van der Waals surface area contributed by atoms with Gasteiger partial charge in [0, 0.05) is 6.42 Å². The summed E-state index contributed by atoms with van der Waals surface area (Å²) in [4.78, 5) is 11.3. The third-order valence-corrected chi connectivity index (χ3v) is 3.22. The molecule has 0 saturated heterocycles. The van der Waals surface area contributed by atoms with Crippen LogP contribution in [-0.4, -0.2) is 17.8 Å². The van der Waals surface area contributed by atoms with Crippen molar-refractivity contribution in [2.24, 2.45) is 0 Å². The molecule has 1 aromatic rings. The fourth-order valence-corrected chi connectivity index (χ4v) is 1.94. The van der Waals surface area contributed by atoms with Gasteiger partial charge in [0.05, 0.1) is 10.2 Å². The van der Waals surface area contributed by atoms with E-state index in [0.717, 1.165) is 0 Å². The molecular weight excluding hydrogens is 267 g/mol. The molecule has 0 fully saturated rings. The van der Waals surface area contributed by atoms with Gasteiger partial charge in [0.15, 0.2) is 0 Å². The van der Waals surface area contributed by atoms with Gasteiger partial charge in [-0.05, 0) is 33.8 Å². The summed E-state index contributed by atoms with van der Waals surface area (Å²) in [5.41, 5.74) is 0.712. The lowest BCUT2D eigenvalue weighted by Crippen LogP contribution is -2.06. The summed E-state index contributed by atoms with van der Waals surface area (Å²) in [6, 6.07) is 4.74. The molecule has 0 aromatic heterocycles. The van der Waals surface area contributed by atoms with E-state index in [-0.39, 0.29) is 11.6 Å². The maximum Gasteiger partial charge on any atom is 0.147 e. The zero-order chi connectivity index (χ0) is 10.6. The lowest BCUT2D eigenvalue weighted by atomic mass is 10.1. The molecule has 1 aromatic carbocycles. The molecule has 4 heteroatoms. The Morgan fingerprint density at radius 3 is 2.93 bits per heavy atom. The van der Waals surface area contributed by atoms with Crippen LogP contribution in [0.1, 0.15) is 5.56 Å². The molecule has 0 unspecified atom stereocenters. The highest BCUT2D eigenvalue weighted by Crippen LogP contribution is 2.21. The quantitative estimate of drug-likeness (QED) is 0.841. The van der Waals surface area contributed by atoms with Crippen molar-refractivity contribution in [3.8, 4) is 0 Å². The average molecular weight is 277 g/mol. The van der Waals surface area contributed by atoms with E-state index in [2.05, 4.69) is 15.9 Å². The minimum absolute atomic E-state index is 0.115. The zero-order valence-corrected chi connectivity index (χ0v) is 10.1. The second kappa shape index (κ2) is 5.51. The standard InChI is InChI=1S/C10H10BrFOS/c1-14-6-8(13)5-7-3-2-4-9(12)10(7)11/h2-4H,5-6H2,1H3. The predicted octanol–water partition coefficient (Wildman–Crippen LogP) is 3.06. The third-order valence-electron chi connectivity index (χ3n) is 1.72. The Labute approximate surface area is 95.2 Å². The summed E-state index contributed by atoms with van der Waals surface area (Å²) >= 11 is 4.61. The van der Waals surface area contributed by atoms with Gasteiger partial charge in [0.1, 0.15) is 11.6 Å². The number of Topliss-reactive ketones (excluding diaryl/α,β-unsaturated/α-hetero) is 1. The van der Waals surface area contributed by atoms with Gasteiger partial charge >= 0.3 is 0 Å². The minimum atomic E-state index is -0.320. The van der Waals surface area contributed by atoms with Crippen molar-refractivity contribution >= 4 is 33.5 Å². The number of thioether (sulfide) groups is 1. The van der Waals surface area contributed by atoms with Crippen LogP contribution in [0, 0.1) is 5.82 Å². The Balaban J connectivity index is 2.76. The monoisotopic (exact) mass is 276 g/mol. The maximum absolute atomic E-state index is 13.1. The first-order valence-corrected chi connectivity index (χ1v) is 6.27. The number of ketones is 1. The third kappa shape index (κ3) is 3.10. The van der Waals surface area contributed by atoms with E-state index in [1.54, 1.807) is 12.1 Å². The second-order valence-corrected chi connectivity index (χ2v) is 4.52. The molecule has 1 rings (SSSR count). The molecule has 0 aliphatic rings. The highest BCUT2D eigenvalue weighted by atomic mass is 79.9. The van der Waals surface area contributed by atoms with Crippen LogP contribution in [0.2, 0.25) is 0 Å². The van der Waals surface area contributed by atoms with Gasteiger partial charge in [-0.25, -0.2) is 4.39 Å². The fraction of sp³-hybridized carbons (Fsp3) is 0.300. The smallest absolute Gasteiger partial charge is 0.147 e. The summed E-state index contributed by atoms with van der Waals surface area (Å²) in [5.74, 6) is 0.270. The SMILES string of the molecule is CSCC(=O)Cc1cccc(F)c1Br. The van der Waals surface area contributed by atoms with Crippen molar-refractivity contribution in [2.45, 2.75) is 6.42 Å². The molecule has 0 atom stereocenters. The lowest BCUT2D eigenvalue weighted by Gasteiger charge is -2.03. The summed E-state index contributed by atoms with van der Waals surface area (Å²) < 4.78 is 13.4. The van der Waals surface area contributed by atoms with E-state index in [9.17, 15) is 9.18 Å². The number of carbonyl (C=O) groups is 1. The van der Waals surface area contributed by atoms with Gasteiger partial charge in [0.2, 0.25) is 0 Å². The Morgan fingerprint density at radius 1 is 1.57 bits per heavy atom. The van der Waals surface area contributed by atoms with Crippen molar-refractivity contribution < 1.29 is 9.18 Å². The van der Waals surface area contributed by atoms with Crippen LogP contribution in [-0.2, 0) is 11.2 Å². The van der Waals surface area contributed by atoms with Crippen molar-refractivity contribution in [3.05, 3.63) is 34.1 Å². The van der Waals surface area contributed by atoms with Crippen LogP contribution in [0.5, 0.6) is 0 Å². The van der Waals surface area contributed by atoms with Crippen LogP contribution >= 0.6 is 27.7 Å². The predicted molar refractivity (Wildman–Crippen MR) is 61.2 cm³/mol. The van der Waals surface area contributed by atoms with E-state index >= 15 is 0 Å². The first-order chi connectivity index (χ1) is 6.65. The van der Waals surface area contributed by atoms with Crippen LogP contribution in [0.15, 0.2) is 22.7 Å². The molecule has 0 bridgehead atoms. The first kappa shape index (κ1) is 11.7. The van der Waals surface area contributed by atoms with Crippen LogP contribution in [0.4, 0.5) is 4.39 Å². The number of benzene rings is 1. The van der Waals surface area contributed by atoms with E-state index < -0.39 is 0 Å². The van der Waals surface area contributed by atoms with E-state index in [1.807, 2.05) is 6.26 Å². The molecule has 0 saturated carbocycles. The van der Waals surface area contributed by atoms with Gasteiger partial charge in [-0.2, -0.15) is 11.8 Å². The second-order valence-electron chi connectivity index (χ2n) is 2.86. The van der Waals surface area contributed by atoms with Gasteiger partial charge in [-0.1, -0.05) is 12.1 Å². The topological polar surface area (TPSA) is 17.1 Å². The van der Waals surface area contributed by atoms with Gasteiger partial charge in [0.25, 0.3) is 0 Å². The van der Waals surface area contributed by atoms with Crippen molar-refractivity contribution in [1.82, 2.24) is 0 Å². The average Bonchev–Trinajstić information content (AvgIpc) is 2.13. The zero-order valence-electron chi connectivity index (χ0n) is 7.72. The largest absolute Gasteiger partial charge is 0.298 e. The van der Waals surface area contributed by atoms with E-state index in [1.165, 1.54) is 17.8 Å². The number of rotatable bonds is 4. The Bertz CT molecular complexity index is 341. The van der Waals surface area contributed by atoms with E-state index in [0.29, 0.717) is 22.2 Å². The van der Waals surface area contributed by atoms with Crippen LogP contribution < -0.4 is 0 Å². The number of hydrogen-bond donors (Lipinski definition) is 0. The molecule has 0 spiro atoms. The first-order valence-electron chi connectivity index (χ1n) is 4.08. The molecular formula is C10H10BrFOS. The summed E-state index contributed by atoms with van der Waals surface area (Å²) in [7, 11) is 0. The molecule has 14 heavy (non-hydrogen) atoms. The highest BCUT2D eigenvalue weighted by Gasteiger charge is 2.08. The molecule has 0 N–H and O–H groups in total. The molecule has 0 aliphatic heterocycles. The molecule has 0 heterocycles. The van der Waals surface area contributed by atoms with Crippen molar-refractivity contribution in [1.29, 1.82) is 0 Å². The molecule has 1 nitrogen and oxygen atoms in total. The molecule has 0 amide bonds. The van der Waals surface area contributed by atoms with Crippen LogP contribution in [0.25, 0.3) is 0 Å². The van der Waals surface area contributed by atoms with Crippen molar-refractivity contribution in [2.75, 3.05) is 12.0 Å². The van der Waals surface area contributed by atoms with Gasteiger partial charge in [-0.15, -0.1) is 0 Å². The van der Waals surface area contributed by atoms with Gasteiger partial charge in [-0.3, -0.25) is 4.79 Å². The Hall–Kier alpha value is -0.350. The molecule has 0 radical (unpaired) electrons. The lowest BCUT2D eigenvalue weighted by molar-refractivity contribution is -0.116. The minimum Gasteiger partial charge on any atom is -0.298 e. The van der Waals surface area contributed by atoms with Crippen LogP contribution in [0.3, 0.4) is 0 Å². The van der Waals surface area contributed by atoms with Crippen molar-refractivity contribution in [3.63, 3.8) is 0 Å². The summed E-state index contributed by atoms with van der Waals surface area (Å²) in [6.45, 7) is 0. The number of halogens is 2. The number of hydrogen-bond acceptors (Lipinski definition) is 2. The normalized spacial score (nSPS) is 10.2. The molecule has 0 aliphatic carbocycles.